The molecule has 14 heteroatoms. The average Bonchev–Trinajstić information content (AvgIpc) is 3.90. The quantitative estimate of drug-likeness (QED) is 0.121. The van der Waals surface area contributed by atoms with E-state index in [1.807, 2.05) is 97.4 Å². The number of hydrogen-bond acceptors (Lipinski definition) is 10. The molecule has 72 heavy (non-hydrogen) atoms. The standard InChI is InChI=1S/C29H32ClN3O2.C14H19N3O.C8H12O2.C7H5ClO/c1-28(2,3)26-25-23(19-9-7-8-10-20(19)30)24-21(15-29(4,5)16-22(24)34)31-27(25)33(32-26)17-11-13-18(35-6)14-12-17;1-14(2,3)12-9-13(15)17(16-12)10-5-7-11(18-4)8-6-10;1-8(2)4-6(9)3-7(10)5-8;8-7-4-2-1-3-6(7)5-9/h7-14,23,31H,15-16H2,1-6H3;5-9H,15H2,1-4H3;3-5H2,1-2H3;1-5H. The Bertz CT molecular complexity index is 2950. The molecule has 1 saturated carbocycles. The van der Waals surface area contributed by atoms with E-state index in [9.17, 15) is 19.2 Å². The van der Waals surface area contributed by atoms with Crippen molar-refractivity contribution < 1.29 is 28.7 Å². The van der Waals surface area contributed by atoms with Crippen molar-refractivity contribution in [2.75, 3.05) is 25.3 Å². The molecular weight excluding hydrogens is 948 g/mol. The molecule has 2 aromatic heterocycles. The van der Waals surface area contributed by atoms with Gasteiger partial charge in [-0.2, -0.15) is 10.2 Å². The molecule has 12 nitrogen and oxygen atoms in total. The molecule has 4 aromatic carbocycles. The Balaban J connectivity index is 0.000000188. The highest BCUT2D eigenvalue weighted by molar-refractivity contribution is 6.33. The molecule has 1 fully saturated rings. The minimum absolute atomic E-state index is 0.00809. The Labute approximate surface area is 434 Å². The summed E-state index contributed by atoms with van der Waals surface area (Å²) >= 11 is 12.4. The van der Waals surface area contributed by atoms with Gasteiger partial charge in [0.15, 0.2) is 12.1 Å². The number of allylic oxidation sites excluding steroid dienone is 2. The number of nitrogens with one attached hydrogen (secondary N) is 1. The fraction of sp³-hybridized carbons (Fsp3) is 0.379. The summed E-state index contributed by atoms with van der Waals surface area (Å²) in [5.41, 5.74) is 13.6. The number of aromatic nitrogens is 4. The van der Waals surface area contributed by atoms with E-state index in [2.05, 4.69) is 65.8 Å². The van der Waals surface area contributed by atoms with Crippen LogP contribution in [0.25, 0.3) is 11.4 Å². The molecule has 1 aliphatic heterocycles. The van der Waals surface area contributed by atoms with Crippen LogP contribution in [0.15, 0.2) is 114 Å². The minimum atomic E-state index is -0.278. The van der Waals surface area contributed by atoms with E-state index in [1.165, 1.54) is 0 Å². The van der Waals surface area contributed by atoms with Gasteiger partial charge < -0.3 is 20.5 Å². The van der Waals surface area contributed by atoms with Crippen LogP contribution in [-0.4, -0.2) is 57.4 Å². The van der Waals surface area contributed by atoms with Crippen LogP contribution in [0.5, 0.6) is 11.5 Å². The van der Waals surface area contributed by atoms with Gasteiger partial charge in [-0.05, 0) is 83.5 Å². The summed E-state index contributed by atoms with van der Waals surface area (Å²) < 4.78 is 14.2. The Hall–Kier alpha value is -6.50. The molecular formula is C58H68Cl2N6O6. The highest BCUT2D eigenvalue weighted by atomic mass is 35.5. The summed E-state index contributed by atoms with van der Waals surface area (Å²) in [5, 5.41) is 14.5. The fourth-order valence-corrected chi connectivity index (χ4v) is 9.54. The first-order chi connectivity index (χ1) is 33.7. The van der Waals surface area contributed by atoms with Crippen molar-refractivity contribution in [3.63, 3.8) is 0 Å². The Morgan fingerprint density at radius 3 is 1.65 bits per heavy atom. The number of aldehydes is 1. The molecule has 3 heterocycles. The maximum atomic E-state index is 13.7. The maximum Gasteiger partial charge on any atom is 0.162 e. The number of ether oxygens (including phenoxy) is 2. The van der Waals surface area contributed by atoms with Gasteiger partial charge in [0.25, 0.3) is 0 Å². The van der Waals surface area contributed by atoms with Crippen LogP contribution < -0.4 is 20.5 Å². The lowest BCUT2D eigenvalue weighted by atomic mass is 9.68. The van der Waals surface area contributed by atoms with E-state index < -0.39 is 0 Å². The van der Waals surface area contributed by atoms with Gasteiger partial charge in [-0.25, -0.2) is 9.36 Å². The third-order valence-electron chi connectivity index (χ3n) is 12.5. The number of halogens is 2. The largest absolute Gasteiger partial charge is 0.497 e. The highest BCUT2D eigenvalue weighted by Gasteiger charge is 2.45. The Morgan fingerprint density at radius 2 is 1.19 bits per heavy atom. The number of benzene rings is 4. The topological polar surface area (TPSA) is 160 Å². The van der Waals surface area contributed by atoms with E-state index in [0.717, 1.165) is 75.2 Å². The molecule has 3 aliphatic rings. The molecule has 0 saturated heterocycles. The Kier molecular flexibility index (Phi) is 16.8. The Morgan fingerprint density at radius 1 is 0.681 bits per heavy atom. The molecule has 1 atom stereocenters. The van der Waals surface area contributed by atoms with Crippen LogP contribution in [0.3, 0.4) is 0 Å². The van der Waals surface area contributed by atoms with Gasteiger partial charge in [-0.3, -0.25) is 19.2 Å². The van der Waals surface area contributed by atoms with Crippen LogP contribution in [0.1, 0.15) is 140 Å². The average molecular weight is 1020 g/mol. The van der Waals surface area contributed by atoms with Crippen LogP contribution in [0.4, 0.5) is 11.6 Å². The molecule has 6 aromatic rings. The van der Waals surface area contributed by atoms with Crippen molar-refractivity contribution in [3.05, 3.63) is 153 Å². The lowest BCUT2D eigenvalue weighted by Gasteiger charge is -2.39. The number of nitrogen functional groups attached to an aromatic ring is 1. The van der Waals surface area contributed by atoms with E-state index in [4.69, 9.17) is 43.5 Å². The van der Waals surface area contributed by atoms with Crippen molar-refractivity contribution in [1.29, 1.82) is 0 Å². The molecule has 3 N–H and O–H groups in total. The van der Waals surface area contributed by atoms with Crippen molar-refractivity contribution in [2.45, 2.75) is 118 Å². The second-order valence-corrected chi connectivity index (χ2v) is 22.9. The zero-order chi connectivity index (χ0) is 52.9. The first-order valence-electron chi connectivity index (χ1n) is 24.0. The molecule has 0 amide bonds. The second-order valence-electron chi connectivity index (χ2n) is 22.1. The molecule has 0 spiro atoms. The van der Waals surface area contributed by atoms with Crippen LogP contribution in [0.2, 0.25) is 10.0 Å². The SMILES string of the molecule is CC1(C)CC(=O)CC(=O)C1.COc1ccc(-n2nc(C(C)(C)C)c3c2NC2=C(C(=O)CC(C)(C)C2)C3c2ccccc2Cl)cc1.COc1ccc(-n2nc(C(C)(C)C)cc2N)cc1.O=Cc1ccccc1Cl. The summed E-state index contributed by atoms with van der Waals surface area (Å²) in [6.07, 6.45) is 3.34. The van der Waals surface area contributed by atoms with E-state index in [-0.39, 0.29) is 51.3 Å². The van der Waals surface area contributed by atoms with Crippen molar-refractivity contribution in [2.24, 2.45) is 10.8 Å². The summed E-state index contributed by atoms with van der Waals surface area (Å²) in [6.45, 7) is 21.1. The molecule has 380 valence electrons. The van der Waals surface area contributed by atoms with Gasteiger partial charge in [-0.1, -0.05) is 129 Å². The predicted molar refractivity (Wildman–Crippen MR) is 288 cm³/mol. The number of methoxy groups -OCH3 is 2. The lowest BCUT2D eigenvalue weighted by molar-refractivity contribution is -0.133. The van der Waals surface area contributed by atoms with E-state index in [1.54, 1.807) is 43.2 Å². The smallest absolute Gasteiger partial charge is 0.162 e. The normalized spacial score (nSPS) is 16.8. The van der Waals surface area contributed by atoms with E-state index in [0.29, 0.717) is 40.7 Å². The first kappa shape index (κ1) is 54.8. The van der Waals surface area contributed by atoms with Gasteiger partial charge in [0.05, 0.1) is 48.4 Å². The number of nitrogens with two attached hydrogens (primary N) is 1. The highest BCUT2D eigenvalue weighted by Crippen LogP contribution is 2.53. The van der Waals surface area contributed by atoms with Gasteiger partial charge in [0.1, 0.15) is 34.7 Å². The maximum absolute atomic E-state index is 13.7. The van der Waals surface area contributed by atoms with Crippen molar-refractivity contribution in [1.82, 2.24) is 19.6 Å². The number of anilines is 2. The number of nitrogens with zero attached hydrogens (tertiary/aromatic N) is 4. The third kappa shape index (κ3) is 13.1. The lowest BCUT2D eigenvalue weighted by Crippen LogP contribution is -2.34. The number of fused-ring (bicyclic) bond motifs is 1. The minimum Gasteiger partial charge on any atom is -0.497 e. The number of carbonyl (C=O) groups is 4. The summed E-state index contributed by atoms with van der Waals surface area (Å²) in [5.74, 6) is 3.25. The van der Waals surface area contributed by atoms with Crippen molar-refractivity contribution >= 4 is 58.5 Å². The molecule has 0 radical (unpaired) electrons. The predicted octanol–water partition coefficient (Wildman–Crippen LogP) is 13.3. The fourth-order valence-electron chi connectivity index (χ4n) is 9.11. The zero-order valence-electron chi connectivity index (χ0n) is 43.6. The van der Waals surface area contributed by atoms with Gasteiger partial charge in [0, 0.05) is 69.5 Å². The molecule has 9 rings (SSSR count). The van der Waals surface area contributed by atoms with Gasteiger partial charge in [0.2, 0.25) is 0 Å². The first-order valence-corrected chi connectivity index (χ1v) is 24.8. The summed E-state index contributed by atoms with van der Waals surface area (Å²) in [4.78, 5) is 45.6. The van der Waals surface area contributed by atoms with Crippen molar-refractivity contribution in [3.8, 4) is 22.9 Å². The number of ketones is 3. The van der Waals surface area contributed by atoms with Gasteiger partial charge >= 0.3 is 0 Å². The monoisotopic (exact) mass is 1010 g/mol. The zero-order valence-corrected chi connectivity index (χ0v) is 45.1. The van der Waals surface area contributed by atoms with E-state index >= 15 is 0 Å². The number of rotatable bonds is 6. The van der Waals surface area contributed by atoms with Gasteiger partial charge in [-0.15, -0.1) is 0 Å². The molecule has 1 unspecified atom stereocenters. The number of carbonyl (C=O) groups excluding carboxylic acids is 4. The number of hydrogen-bond donors (Lipinski definition) is 2. The third-order valence-corrected chi connectivity index (χ3v) is 13.2. The van der Waals surface area contributed by atoms with Crippen LogP contribution in [-0.2, 0) is 25.2 Å². The van der Waals surface area contributed by atoms with Crippen LogP contribution in [0, 0.1) is 10.8 Å². The summed E-state index contributed by atoms with van der Waals surface area (Å²) in [6, 6.07) is 32.3. The second kappa shape index (κ2) is 22.1. The van der Waals surface area contributed by atoms with Crippen LogP contribution >= 0.6 is 23.2 Å². The number of Topliss-reactive ketones (excluding diaryl/α,β-unsaturated/α-hetero) is 3. The summed E-state index contributed by atoms with van der Waals surface area (Å²) in [7, 11) is 3.31. The molecule has 2 aliphatic carbocycles. The molecule has 0 bridgehead atoms.